The van der Waals surface area contributed by atoms with Gasteiger partial charge in [-0.25, -0.2) is 0 Å². The Hall–Kier alpha value is -2.33. The molecule has 0 atom stereocenters. The van der Waals surface area contributed by atoms with Crippen molar-refractivity contribution < 1.29 is 14.3 Å². The van der Waals surface area contributed by atoms with Crippen LogP contribution in [0.2, 0.25) is 5.02 Å². The number of carbonyl (C=O) groups excluding carboxylic acids is 2. The number of carbonyl (C=O) groups is 2. The summed E-state index contributed by atoms with van der Waals surface area (Å²) in [6.45, 7) is 0.594. The maximum atomic E-state index is 12.7. The number of nitrogens with two attached hydrogens (primary N) is 1. The highest BCUT2D eigenvalue weighted by Crippen LogP contribution is 2.31. The quantitative estimate of drug-likeness (QED) is 0.780. The first kappa shape index (κ1) is 16.5. The van der Waals surface area contributed by atoms with Crippen molar-refractivity contribution in [2.24, 2.45) is 11.7 Å². The molecular weight excluding hydrogens is 326 g/mol. The predicted molar refractivity (Wildman–Crippen MR) is 92.7 cm³/mol. The summed E-state index contributed by atoms with van der Waals surface area (Å²) >= 11 is 5.87. The highest BCUT2D eigenvalue weighted by molar-refractivity contribution is 6.30. The lowest BCUT2D eigenvalue weighted by Crippen LogP contribution is -2.14. The third-order valence-corrected chi connectivity index (χ3v) is 4.27. The van der Waals surface area contributed by atoms with E-state index >= 15 is 0 Å². The Labute approximate surface area is 145 Å². The summed E-state index contributed by atoms with van der Waals surface area (Å²) in [7, 11) is 0. The number of benzene rings is 2. The molecule has 124 valence electrons. The smallest absolute Gasteiger partial charge is 0.248 e. The van der Waals surface area contributed by atoms with Crippen LogP contribution < -0.4 is 10.5 Å². The largest absolute Gasteiger partial charge is 0.493 e. The molecule has 0 heterocycles. The van der Waals surface area contributed by atoms with Crippen molar-refractivity contribution in [1.29, 1.82) is 0 Å². The molecule has 24 heavy (non-hydrogen) atoms. The molecule has 0 saturated heterocycles. The van der Waals surface area contributed by atoms with Crippen molar-refractivity contribution in [3.63, 3.8) is 0 Å². The number of Topliss-reactive ketones (excluding diaryl/α,β-unsaturated/α-hetero) is 1. The van der Waals surface area contributed by atoms with Gasteiger partial charge in [-0.05, 0) is 54.7 Å². The van der Waals surface area contributed by atoms with Crippen LogP contribution in [0, 0.1) is 5.92 Å². The van der Waals surface area contributed by atoms with Crippen molar-refractivity contribution in [2.45, 2.75) is 19.3 Å². The Morgan fingerprint density at radius 1 is 1.12 bits per heavy atom. The molecule has 2 aromatic rings. The van der Waals surface area contributed by atoms with Crippen LogP contribution in [0.3, 0.4) is 0 Å². The fraction of sp³-hybridized carbons (Fsp3) is 0.263. The van der Waals surface area contributed by atoms with E-state index in [1.807, 2.05) is 12.1 Å². The molecule has 4 nitrogen and oxygen atoms in total. The second kappa shape index (κ2) is 7.05. The van der Waals surface area contributed by atoms with Gasteiger partial charge in [0.15, 0.2) is 5.78 Å². The van der Waals surface area contributed by atoms with Gasteiger partial charge in [-0.2, -0.15) is 0 Å². The van der Waals surface area contributed by atoms with E-state index in [4.69, 9.17) is 22.1 Å². The molecule has 5 heteroatoms. The highest BCUT2D eigenvalue weighted by Gasteiger charge is 2.23. The molecule has 1 aliphatic carbocycles. The van der Waals surface area contributed by atoms with Crippen LogP contribution in [0.15, 0.2) is 42.5 Å². The fourth-order valence-electron chi connectivity index (χ4n) is 2.40. The number of amides is 1. The minimum absolute atomic E-state index is 0.119. The van der Waals surface area contributed by atoms with Gasteiger partial charge in [-0.1, -0.05) is 23.7 Å². The summed E-state index contributed by atoms with van der Waals surface area (Å²) < 4.78 is 5.78. The second-order valence-electron chi connectivity index (χ2n) is 6.06. The summed E-state index contributed by atoms with van der Waals surface area (Å²) in [4.78, 5) is 24.1. The summed E-state index contributed by atoms with van der Waals surface area (Å²) in [6, 6.07) is 11.9. The van der Waals surface area contributed by atoms with Crippen LogP contribution >= 0.6 is 11.6 Å². The van der Waals surface area contributed by atoms with E-state index in [0.29, 0.717) is 34.4 Å². The van der Waals surface area contributed by atoms with Crippen LogP contribution in [-0.2, 0) is 6.42 Å². The monoisotopic (exact) mass is 343 g/mol. The summed E-state index contributed by atoms with van der Waals surface area (Å²) in [5.74, 6) is 0.390. The number of ketones is 1. The van der Waals surface area contributed by atoms with Gasteiger partial charge in [0.1, 0.15) is 5.75 Å². The molecule has 2 N–H and O–H groups in total. The van der Waals surface area contributed by atoms with Crippen molar-refractivity contribution >= 4 is 23.3 Å². The molecule has 1 amide bonds. The number of hydrogen-bond acceptors (Lipinski definition) is 3. The Bertz CT molecular complexity index is 767. The minimum Gasteiger partial charge on any atom is -0.493 e. The summed E-state index contributed by atoms with van der Waals surface area (Å²) in [5.41, 5.74) is 6.87. The molecule has 0 aliphatic heterocycles. The first-order valence-corrected chi connectivity index (χ1v) is 8.25. The van der Waals surface area contributed by atoms with Gasteiger partial charge in [-0.3, -0.25) is 9.59 Å². The molecule has 1 aliphatic rings. The van der Waals surface area contributed by atoms with Crippen LogP contribution in [-0.4, -0.2) is 18.3 Å². The molecule has 0 bridgehead atoms. The molecule has 2 aromatic carbocycles. The van der Waals surface area contributed by atoms with Gasteiger partial charge in [0.25, 0.3) is 0 Å². The standard InChI is InChI=1S/C19H18ClNO3/c20-15-6-3-12(4-7-15)9-17(22)16-10-14(19(21)23)5-8-18(16)24-11-13-1-2-13/h3-8,10,13H,1-2,9,11H2,(H2,21,23). The Morgan fingerprint density at radius 3 is 2.46 bits per heavy atom. The van der Waals surface area contributed by atoms with Gasteiger partial charge in [-0.15, -0.1) is 0 Å². The van der Waals surface area contributed by atoms with Gasteiger partial charge >= 0.3 is 0 Å². The van der Waals surface area contributed by atoms with Gasteiger partial charge in [0.2, 0.25) is 5.91 Å². The van der Waals surface area contributed by atoms with Crippen molar-refractivity contribution in [3.05, 3.63) is 64.2 Å². The van der Waals surface area contributed by atoms with E-state index in [9.17, 15) is 9.59 Å². The minimum atomic E-state index is -0.565. The van der Waals surface area contributed by atoms with E-state index in [-0.39, 0.29) is 12.2 Å². The van der Waals surface area contributed by atoms with Crippen molar-refractivity contribution in [1.82, 2.24) is 0 Å². The molecule has 1 fully saturated rings. The normalized spacial score (nSPS) is 13.5. The average Bonchev–Trinajstić information content (AvgIpc) is 3.39. The van der Waals surface area contributed by atoms with Gasteiger partial charge < -0.3 is 10.5 Å². The number of primary amides is 1. The first-order chi connectivity index (χ1) is 11.5. The highest BCUT2D eigenvalue weighted by atomic mass is 35.5. The van der Waals surface area contributed by atoms with Crippen molar-refractivity contribution in [2.75, 3.05) is 6.61 Å². The van der Waals surface area contributed by atoms with Gasteiger partial charge in [0.05, 0.1) is 12.2 Å². The van der Waals surface area contributed by atoms with E-state index in [1.165, 1.54) is 6.07 Å². The van der Waals surface area contributed by atoms with E-state index in [1.54, 1.807) is 24.3 Å². The molecule has 0 unspecified atom stereocenters. The molecule has 3 rings (SSSR count). The van der Waals surface area contributed by atoms with E-state index in [2.05, 4.69) is 0 Å². The summed E-state index contributed by atoms with van der Waals surface area (Å²) in [6.07, 6.45) is 2.53. The lowest BCUT2D eigenvalue weighted by molar-refractivity contribution is 0.0988. The zero-order valence-electron chi connectivity index (χ0n) is 13.1. The number of rotatable bonds is 7. The first-order valence-electron chi connectivity index (χ1n) is 7.87. The van der Waals surface area contributed by atoms with Crippen LogP contribution in [0.5, 0.6) is 5.75 Å². The summed E-state index contributed by atoms with van der Waals surface area (Å²) in [5, 5.41) is 0.621. The Balaban J connectivity index is 1.83. The molecule has 0 aromatic heterocycles. The third-order valence-electron chi connectivity index (χ3n) is 4.01. The topological polar surface area (TPSA) is 69.4 Å². The number of ether oxygens (including phenoxy) is 1. The van der Waals surface area contributed by atoms with Crippen LogP contribution in [0.1, 0.15) is 39.1 Å². The zero-order valence-corrected chi connectivity index (χ0v) is 13.9. The predicted octanol–water partition coefficient (Wildman–Crippen LogP) is 3.65. The van der Waals surface area contributed by atoms with Crippen LogP contribution in [0.4, 0.5) is 0 Å². The number of halogens is 1. The lowest BCUT2D eigenvalue weighted by atomic mass is 10.00. The molecule has 1 saturated carbocycles. The van der Waals surface area contributed by atoms with E-state index in [0.717, 1.165) is 18.4 Å². The van der Waals surface area contributed by atoms with Gasteiger partial charge in [0, 0.05) is 17.0 Å². The average molecular weight is 344 g/mol. The Morgan fingerprint density at radius 2 is 1.83 bits per heavy atom. The maximum absolute atomic E-state index is 12.7. The molecular formula is C19H18ClNO3. The third kappa shape index (κ3) is 4.15. The molecule has 0 radical (unpaired) electrons. The lowest BCUT2D eigenvalue weighted by Gasteiger charge is -2.12. The zero-order chi connectivity index (χ0) is 17.1. The Kier molecular flexibility index (Phi) is 4.86. The maximum Gasteiger partial charge on any atom is 0.248 e. The van der Waals surface area contributed by atoms with Crippen molar-refractivity contribution in [3.8, 4) is 5.75 Å². The molecule has 0 spiro atoms. The SMILES string of the molecule is NC(=O)c1ccc(OCC2CC2)c(C(=O)Cc2ccc(Cl)cc2)c1. The fourth-order valence-corrected chi connectivity index (χ4v) is 2.53. The van der Waals surface area contributed by atoms with Crippen LogP contribution in [0.25, 0.3) is 0 Å². The number of hydrogen-bond donors (Lipinski definition) is 1. The second-order valence-corrected chi connectivity index (χ2v) is 6.49. The van der Waals surface area contributed by atoms with E-state index < -0.39 is 5.91 Å².